The lowest BCUT2D eigenvalue weighted by molar-refractivity contribution is 0.0697. The molecule has 0 bridgehead atoms. The normalized spacial score (nSPS) is 22.5. The third-order valence-electron chi connectivity index (χ3n) is 5.73. The van der Waals surface area contributed by atoms with Gasteiger partial charge in [0.25, 0.3) is 0 Å². The van der Waals surface area contributed by atoms with E-state index in [2.05, 4.69) is 16.8 Å². The monoisotopic (exact) mass is 453 g/mol. The fraction of sp³-hybridized carbons (Fsp3) is 0.261. The van der Waals surface area contributed by atoms with E-state index in [1.54, 1.807) is 30.1 Å². The van der Waals surface area contributed by atoms with Crippen LogP contribution in [0.2, 0.25) is 5.02 Å². The number of carboxylic acids is 1. The molecule has 158 valence electrons. The number of pyridine rings is 1. The number of aliphatic imine (C=N–C) groups is 1. The number of amidine groups is 1. The third kappa shape index (κ3) is 3.51. The summed E-state index contributed by atoms with van der Waals surface area (Å²) < 4.78 is 6.29. The van der Waals surface area contributed by atoms with Crippen LogP contribution in [0.5, 0.6) is 0 Å². The highest BCUT2D eigenvalue weighted by Gasteiger charge is 2.46. The zero-order valence-electron chi connectivity index (χ0n) is 16.7. The number of hydrogen-bond donors (Lipinski definition) is 1. The average Bonchev–Trinajstić information content (AvgIpc) is 3.49. The van der Waals surface area contributed by atoms with Crippen molar-refractivity contribution in [2.75, 3.05) is 5.75 Å². The first-order valence-electron chi connectivity index (χ1n) is 10.1. The van der Waals surface area contributed by atoms with Gasteiger partial charge in [0.1, 0.15) is 23.6 Å². The molecular weight excluding hydrogens is 434 g/mol. The van der Waals surface area contributed by atoms with E-state index >= 15 is 0 Å². The van der Waals surface area contributed by atoms with E-state index in [9.17, 15) is 9.90 Å². The second-order valence-electron chi connectivity index (χ2n) is 7.54. The van der Waals surface area contributed by atoms with Gasteiger partial charge in [-0.25, -0.2) is 9.79 Å². The topological polar surface area (TPSA) is 78.9 Å². The maximum absolute atomic E-state index is 11.4. The van der Waals surface area contributed by atoms with Gasteiger partial charge in [0.2, 0.25) is 0 Å². The summed E-state index contributed by atoms with van der Waals surface area (Å²) in [6, 6.07) is 14.3. The van der Waals surface area contributed by atoms with Crippen molar-refractivity contribution < 1.29 is 14.3 Å². The quantitative estimate of drug-likeness (QED) is 0.536. The maximum Gasteiger partial charge on any atom is 0.335 e. The van der Waals surface area contributed by atoms with Gasteiger partial charge in [-0.2, -0.15) is 0 Å². The Labute approximate surface area is 189 Å². The molecular formula is C23H20ClN3O3S. The molecule has 0 aliphatic carbocycles. The van der Waals surface area contributed by atoms with E-state index < -0.39 is 5.97 Å². The lowest BCUT2D eigenvalue weighted by Crippen LogP contribution is -2.35. The second kappa shape index (κ2) is 8.05. The van der Waals surface area contributed by atoms with Gasteiger partial charge < -0.3 is 14.4 Å². The number of halogens is 1. The summed E-state index contributed by atoms with van der Waals surface area (Å²) in [5.41, 5.74) is 1.62. The maximum atomic E-state index is 11.4. The van der Waals surface area contributed by atoms with Gasteiger partial charge in [0, 0.05) is 23.6 Å². The molecule has 3 unspecified atom stereocenters. The Morgan fingerprint density at radius 3 is 2.90 bits per heavy atom. The molecule has 0 radical (unpaired) electrons. The first-order chi connectivity index (χ1) is 15.1. The minimum Gasteiger partial charge on any atom is -0.478 e. The summed E-state index contributed by atoms with van der Waals surface area (Å²) >= 11 is 8.14. The van der Waals surface area contributed by atoms with Gasteiger partial charge in [-0.1, -0.05) is 36.4 Å². The van der Waals surface area contributed by atoms with Crippen molar-refractivity contribution in [3.63, 3.8) is 0 Å². The molecule has 31 heavy (non-hydrogen) atoms. The molecule has 1 N–H and O–H groups in total. The van der Waals surface area contributed by atoms with Crippen molar-refractivity contribution in [3.8, 4) is 11.3 Å². The van der Waals surface area contributed by atoms with Crippen molar-refractivity contribution in [2.45, 2.75) is 31.5 Å². The van der Waals surface area contributed by atoms with Gasteiger partial charge in [0.05, 0.1) is 16.3 Å². The Morgan fingerprint density at radius 1 is 1.29 bits per heavy atom. The molecule has 3 aromatic rings. The van der Waals surface area contributed by atoms with Crippen molar-refractivity contribution in [1.29, 1.82) is 0 Å². The Bertz CT molecular complexity index is 1160. The molecule has 0 spiro atoms. The molecule has 2 aromatic heterocycles. The van der Waals surface area contributed by atoms with Gasteiger partial charge in [0.15, 0.2) is 5.17 Å². The molecule has 2 aliphatic heterocycles. The van der Waals surface area contributed by atoms with Crippen LogP contribution >= 0.6 is 23.4 Å². The summed E-state index contributed by atoms with van der Waals surface area (Å²) in [7, 11) is 0. The molecule has 5 rings (SSSR count). The average molecular weight is 454 g/mol. The molecule has 0 saturated carbocycles. The number of furan rings is 1. The number of carboxylic acid groups (broad SMARTS) is 1. The summed E-state index contributed by atoms with van der Waals surface area (Å²) in [4.78, 5) is 23.3. The Hall–Kier alpha value is -2.77. The van der Waals surface area contributed by atoms with Crippen molar-refractivity contribution in [3.05, 3.63) is 76.8 Å². The molecule has 0 amide bonds. The van der Waals surface area contributed by atoms with Crippen LogP contribution in [0.1, 0.15) is 47.2 Å². The van der Waals surface area contributed by atoms with Gasteiger partial charge in [-0.15, -0.1) is 0 Å². The first kappa shape index (κ1) is 20.2. The van der Waals surface area contributed by atoms with Gasteiger partial charge >= 0.3 is 5.97 Å². The largest absolute Gasteiger partial charge is 0.478 e. The highest BCUT2D eigenvalue weighted by molar-refractivity contribution is 8.14. The van der Waals surface area contributed by atoms with E-state index in [4.69, 9.17) is 21.0 Å². The Kier molecular flexibility index (Phi) is 5.24. The van der Waals surface area contributed by atoms with Crippen molar-refractivity contribution >= 4 is 34.5 Å². The predicted molar refractivity (Wildman–Crippen MR) is 122 cm³/mol. The molecule has 8 heteroatoms. The number of thioether (sulfide) groups is 1. The lowest BCUT2D eigenvalue weighted by Gasteiger charge is -2.30. The van der Waals surface area contributed by atoms with Crippen LogP contribution in [-0.2, 0) is 0 Å². The molecule has 6 nitrogen and oxygen atoms in total. The summed E-state index contributed by atoms with van der Waals surface area (Å²) in [5, 5.41) is 10.8. The zero-order chi connectivity index (χ0) is 21.5. The van der Waals surface area contributed by atoms with Gasteiger partial charge in [-0.3, -0.25) is 4.98 Å². The molecule has 4 heterocycles. The number of rotatable bonds is 5. The zero-order valence-corrected chi connectivity index (χ0v) is 18.3. The first-order valence-corrected chi connectivity index (χ1v) is 11.5. The van der Waals surface area contributed by atoms with Crippen molar-refractivity contribution in [2.24, 2.45) is 4.99 Å². The van der Waals surface area contributed by atoms with Crippen LogP contribution in [0.4, 0.5) is 0 Å². The van der Waals surface area contributed by atoms with Crippen LogP contribution in [0.25, 0.3) is 11.3 Å². The standard InChI is InChI=1S/C23H20ClN3O3S/c1-2-14-12-31-23-26-20(17-5-3-4-10-25-17)21(27(14)23)19-9-8-18(30-19)15-11-13(22(28)29)6-7-16(15)24/h3-11,14,20-21H,2,12H2,1H3,(H,28,29). The van der Waals surface area contributed by atoms with Crippen LogP contribution in [-0.4, -0.2) is 37.9 Å². The number of fused-ring (bicyclic) bond motifs is 1. The van der Waals surface area contributed by atoms with E-state index in [0.29, 0.717) is 22.4 Å². The van der Waals surface area contributed by atoms with E-state index in [1.165, 1.54) is 6.07 Å². The molecule has 1 fully saturated rings. The molecule has 2 aliphatic rings. The molecule has 3 atom stereocenters. The predicted octanol–water partition coefficient (Wildman–Crippen LogP) is 5.67. The fourth-order valence-corrected chi connectivity index (χ4v) is 5.71. The summed E-state index contributed by atoms with van der Waals surface area (Å²) in [6.07, 6.45) is 2.79. The highest BCUT2D eigenvalue weighted by Crippen LogP contribution is 2.49. The van der Waals surface area contributed by atoms with E-state index in [1.807, 2.05) is 30.3 Å². The number of benzene rings is 1. The second-order valence-corrected chi connectivity index (χ2v) is 8.93. The minimum absolute atomic E-state index is 0.111. The fourth-order valence-electron chi connectivity index (χ4n) is 4.16. The number of hydrogen-bond acceptors (Lipinski definition) is 6. The Balaban J connectivity index is 1.56. The smallest absolute Gasteiger partial charge is 0.335 e. The number of aromatic nitrogens is 1. The van der Waals surface area contributed by atoms with Gasteiger partial charge in [-0.05, 0) is 48.9 Å². The third-order valence-corrected chi connectivity index (χ3v) is 7.18. The van der Waals surface area contributed by atoms with Crippen LogP contribution in [0.15, 0.2) is 64.1 Å². The van der Waals surface area contributed by atoms with Crippen molar-refractivity contribution in [1.82, 2.24) is 9.88 Å². The lowest BCUT2D eigenvalue weighted by atomic mass is 10.0. The molecule has 1 saturated heterocycles. The Morgan fingerprint density at radius 2 is 2.16 bits per heavy atom. The van der Waals surface area contributed by atoms with Crippen LogP contribution in [0, 0.1) is 0 Å². The SMILES string of the molecule is CCC1CSC2=NC(c3ccccn3)C(c3ccc(-c4cc(C(=O)O)ccc4Cl)o3)N21. The van der Waals surface area contributed by atoms with Crippen LogP contribution < -0.4 is 0 Å². The summed E-state index contributed by atoms with van der Waals surface area (Å²) in [6.45, 7) is 2.18. The molecule has 1 aromatic carbocycles. The number of nitrogens with zero attached hydrogens (tertiary/aromatic N) is 3. The summed E-state index contributed by atoms with van der Waals surface area (Å²) in [5.74, 6) is 1.30. The number of aromatic carboxylic acids is 1. The highest BCUT2D eigenvalue weighted by atomic mass is 35.5. The van der Waals surface area contributed by atoms with E-state index in [0.717, 1.165) is 28.8 Å². The van der Waals surface area contributed by atoms with E-state index in [-0.39, 0.29) is 17.6 Å². The van der Waals surface area contributed by atoms with Crippen LogP contribution in [0.3, 0.4) is 0 Å². The number of carbonyl (C=O) groups is 1. The minimum atomic E-state index is -1.01.